The van der Waals surface area contributed by atoms with Crippen LogP contribution in [0.1, 0.15) is 17.9 Å². The molecular weight excluding hydrogens is 404 g/mol. The number of benzene rings is 3. The van der Waals surface area contributed by atoms with Gasteiger partial charge in [0, 0.05) is 5.92 Å². The number of rotatable bonds is 6. The second kappa shape index (κ2) is 7.71. The van der Waals surface area contributed by atoms with Gasteiger partial charge in [0.25, 0.3) is 0 Å². The Kier molecular flexibility index (Phi) is 5.23. The molecule has 0 aromatic heterocycles. The number of hydrogen-bond donors (Lipinski definition) is 3. The highest BCUT2D eigenvalue weighted by Gasteiger charge is 2.52. The monoisotopic (exact) mass is 426 g/mol. The van der Waals surface area contributed by atoms with Gasteiger partial charge in [0.15, 0.2) is 5.66 Å². The third-order valence-electron chi connectivity index (χ3n) is 5.54. The van der Waals surface area contributed by atoms with E-state index in [0.717, 1.165) is 16.3 Å². The van der Waals surface area contributed by atoms with E-state index >= 15 is 0 Å². The topological polar surface area (TPSA) is 105 Å². The summed E-state index contributed by atoms with van der Waals surface area (Å²) < 4.78 is 33.6. The largest absolute Gasteiger partial charge is 0.497 e. The molecule has 1 aliphatic heterocycles. The number of ether oxygens (including phenoxy) is 1. The molecular formula is C22H22N2O5S. The van der Waals surface area contributed by atoms with Gasteiger partial charge in [0.2, 0.25) is 10.0 Å². The first-order valence-electron chi connectivity index (χ1n) is 9.51. The maximum Gasteiger partial charge on any atom is 0.340 e. The zero-order chi connectivity index (χ0) is 21.4. The van der Waals surface area contributed by atoms with Crippen molar-refractivity contribution >= 4 is 26.8 Å². The summed E-state index contributed by atoms with van der Waals surface area (Å²) in [6, 6.07) is 19.3. The lowest BCUT2D eigenvalue weighted by molar-refractivity contribution is -0.145. The summed E-state index contributed by atoms with van der Waals surface area (Å²) >= 11 is 0. The molecule has 7 nitrogen and oxygen atoms in total. The minimum Gasteiger partial charge on any atom is -0.497 e. The molecule has 1 unspecified atom stereocenters. The number of aliphatic carboxylic acids is 1. The Morgan fingerprint density at radius 1 is 1.10 bits per heavy atom. The van der Waals surface area contributed by atoms with Crippen LogP contribution < -0.4 is 14.8 Å². The minimum atomic E-state index is -4.10. The second-order valence-corrected chi connectivity index (χ2v) is 8.95. The van der Waals surface area contributed by atoms with E-state index in [0.29, 0.717) is 18.7 Å². The molecule has 0 aliphatic carbocycles. The Morgan fingerprint density at radius 2 is 1.80 bits per heavy atom. The molecule has 0 spiro atoms. The number of sulfonamides is 1. The van der Waals surface area contributed by atoms with Gasteiger partial charge in [0.1, 0.15) is 5.75 Å². The molecule has 3 aromatic rings. The van der Waals surface area contributed by atoms with Crippen LogP contribution in [0.25, 0.3) is 10.8 Å². The fourth-order valence-electron chi connectivity index (χ4n) is 4.00. The highest BCUT2D eigenvalue weighted by molar-refractivity contribution is 7.89. The van der Waals surface area contributed by atoms with Crippen molar-refractivity contribution in [3.8, 4) is 5.75 Å². The lowest BCUT2D eigenvalue weighted by Crippen LogP contribution is -2.63. The van der Waals surface area contributed by atoms with Crippen molar-refractivity contribution in [3.05, 3.63) is 72.3 Å². The predicted octanol–water partition coefficient (Wildman–Crippen LogP) is 2.68. The van der Waals surface area contributed by atoms with Crippen LogP contribution in [0.4, 0.5) is 0 Å². The summed E-state index contributed by atoms with van der Waals surface area (Å²) in [6.45, 7) is 0.370. The first kappa shape index (κ1) is 20.3. The van der Waals surface area contributed by atoms with Gasteiger partial charge in [-0.1, -0.05) is 42.5 Å². The second-order valence-electron chi connectivity index (χ2n) is 7.27. The van der Waals surface area contributed by atoms with Crippen LogP contribution in [0.5, 0.6) is 5.75 Å². The highest BCUT2D eigenvalue weighted by Crippen LogP contribution is 2.37. The van der Waals surface area contributed by atoms with Gasteiger partial charge in [-0.05, 0) is 53.6 Å². The average molecular weight is 426 g/mol. The molecule has 0 radical (unpaired) electrons. The first-order valence-corrected chi connectivity index (χ1v) is 11.0. The lowest BCUT2D eigenvalue weighted by Gasteiger charge is -2.32. The SMILES string of the molecule is COc1ccc(S(=O)(=O)N[C@]2(C(=O)O)NCCC2c2ccc3ccccc3c2)cc1. The van der Waals surface area contributed by atoms with E-state index < -0.39 is 27.6 Å². The standard InChI is InChI=1S/C22H22N2O5S/c1-29-18-8-10-19(11-9-18)30(27,28)24-22(21(25)26)20(12-13-23-22)17-7-6-15-4-2-3-5-16(15)14-17/h2-11,14,20,23-24H,12-13H2,1H3,(H,25,26)/t20?,22-/m1/s1. The van der Waals surface area contributed by atoms with E-state index in [9.17, 15) is 18.3 Å². The summed E-state index contributed by atoms with van der Waals surface area (Å²) in [5, 5.41) is 15.0. The molecule has 1 heterocycles. The molecule has 0 amide bonds. The van der Waals surface area contributed by atoms with E-state index in [2.05, 4.69) is 10.0 Å². The van der Waals surface area contributed by atoms with Crippen LogP contribution in [-0.4, -0.2) is 38.8 Å². The Bertz CT molecular complexity index is 1190. The third kappa shape index (κ3) is 3.54. The fraction of sp³-hybridized carbons (Fsp3) is 0.227. The molecule has 0 saturated carbocycles. The zero-order valence-corrected chi connectivity index (χ0v) is 17.1. The van der Waals surface area contributed by atoms with E-state index in [4.69, 9.17) is 4.74 Å². The Balaban J connectivity index is 1.73. The number of methoxy groups -OCH3 is 1. The lowest BCUT2D eigenvalue weighted by atomic mass is 9.86. The molecule has 1 fully saturated rings. The number of carboxylic acids is 1. The number of fused-ring (bicyclic) bond motifs is 1. The maximum absolute atomic E-state index is 13.0. The maximum atomic E-state index is 13.0. The first-order chi connectivity index (χ1) is 14.4. The summed E-state index contributed by atoms with van der Waals surface area (Å²) in [5.41, 5.74) is -1.08. The molecule has 156 valence electrons. The van der Waals surface area contributed by atoms with Gasteiger partial charge in [-0.3, -0.25) is 5.32 Å². The highest BCUT2D eigenvalue weighted by atomic mass is 32.2. The summed E-state index contributed by atoms with van der Waals surface area (Å²) in [5.74, 6) is -1.34. The van der Waals surface area contributed by atoms with Crippen LogP contribution in [0.15, 0.2) is 71.6 Å². The van der Waals surface area contributed by atoms with E-state index in [1.807, 2.05) is 42.5 Å². The van der Waals surface area contributed by atoms with Crippen LogP contribution in [0, 0.1) is 0 Å². The quantitative estimate of drug-likeness (QED) is 0.560. The van der Waals surface area contributed by atoms with Gasteiger partial charge < -0.3 is 9.84 Å². The number of hydrogen-bond acceptors (Lipinski definition) is 5. The molecule has 4 rings (SSSR count). The molecule has 0 bridgehead atoms. The van der Waals surface area contributed by atoms with E-state index in [1.54, 1.807) is 0 Å². The fourth-order valence-corrected chi connectivity index (χ4v) is 5.33. The van der Waals surface area contributed by atoms with Crippen molar-refractivity contribution in [1.82, 2.24) is 10.0 Å². The van der Waals surface area contributed by atoms with Gasteiger partial charge >= 0.3 is 5.97 Å². The average Bonchev–Trinajstić information content (AvgIpc) is 3.17. The molecule has 8 heteroatoms. The van der Waals surface area contributed by atoms with Gasteiger partial charge in [-0.2, -0.15) is 4.72 Å². The van der Waals surface area contributed by atoms with Gasteiger partial charge in [0.05, 0.1) is 12.0 Å². The normalized spacial score (nSPS) is 21.6. The van der Waals surface area contributed by atoms with Gasteiger partial charge in [-0.25, -0.2) is 13.2 Å². The van der Waals surface area contributed by atoms with Crippen LogP contribution in [0.2, 0.25) is 0 Å². The summed E-state index contributed by atoms with van der Waals surface area (Å²) in [6.07, 6.45) is 0.482. The predicted molar refractivity (Wildman–Crippen MR) is 113 cm³/mol. The van der Waals surface area contributed by atoms with Crippen molar-refractivity contribution < 1.29 is 23.1 Å². The van der Waals surface area contributed by atoms with Crippen molar-refractivity contribution in [2.24, 2.45) is 0 Å². The van der Waals surface area contributed by atoms with Crippen LogP contribution >= 0.6 is 0 Å². The Hall–Kier alpha value is -2.94. The van der Waals surface area contributed by atoms with Gasteiger partial charge in [-0.15, -0.1) is 0 Å². The Morgan fingerprint density at radius 3 is 2.47 bits per heavy atom. The minimum absolute atomic E-state index is 0.0325. The van der Waals surface area contributed by atoms with Crippen LogP contribution in [-0.2, 0) is 14.8 Å². The number of carbonyl (C=O) groups is 1. The molecule has 3 N–H and O–H groups in total. The number of nitrogens with one attached hydrogen (secondary N) is 2. The molecule has 2 atom stereocenters. The summed E-state index contributed by atoms with van der Waals surface area (Å²) in [7, 11) is -2.62. The molecule has 1 saturated heterocycles. The zero-order valence-electron chi connectivity index (χ0n) is 16.3. The third-order valence-corrected chi connectivity index (χ3v) is 7.02. The van der Waals surface area contributed by atoms with Crippen molar-refractivity contribution in [1.29, 1.82) is 0 Å². The van der Waals surface area contributed by atoms with E-state index in [1.165, 1.54) is 31.4 Å². The molecule has 1 aliphatic rings. The molecule has 30 heavy (non-hydrogen) atoms. The Labute approximate surface area is 174 Å². The smallest absolute Gasteiger partial charge is 0.340 e. The van der Waals surface area contributed by atoms with Crippen molar-refractivity contribution in [3.63, 3.8) is 0 Å². The van der Waals surface area contributed by atoms with E-state index in [-0.39, 0.29) is 4.90 Å². The van der Waals surface area contributed by atoms with Crippen molar-refractivity contribution in [2.75, 3.05) is 13.7 Å². The summed E-state index contributed by atoms with van der Waals surface area (Å²) in [4.78, 5) is 12.3. The van der Waals surface area contributed by atoms with Crippen LogP contribution in [0.3, 0.4) is 0 Å². The van der Waals surface area contributed by atoms with Crippen molar-refractivity contribution in [2.45, 2.75) is 22.9 Å². The number of carboxylic acid groups (broad SMARTS) is 1. The molecule has 3 aromatic carbocycles.